The van der Waals surface area contributed by atoms with E-state index < -0.39 is 0 Å². The van der Waals surface area contributed by atoms with Crippen molar-refractivity contribution in [1.82, 2.24) is 14.8 Å². The number of H-pyrrole nitrogens is 1. The number of ether oxygens (including phenoxy) is 2. The van der Waals surface area contributed by atoms with Crippen LogP contribution in [0.15, 0.2) is 48.5 Å². The molecule has 0 radical (unpaired) electrons. The number of carbonyl (C=O) groups excluding carboxylic acids is 1. The number of nitrogens with zero attached hydrogens (tertiary/aromatic N) is 3. The average molecular weight is 605 g/mol. The topological polar surface area (TPSA) is 81.3 Å². The number of likely N-dealkylation sites (tertiary alicyclic amines) is 2. The van der Waals surface area contributed by atoms with Gasteiger partial charge in [0.05, 0.1) is 12.8 Å². The number of anilines is 1. The van der Waals surface area contributed by atoms with Gasteiger partial charge in [-0.05, 0) is 80.9 Å². The van der Waals surface area contributed by atoms with Gasteiger partial charge in [0, 0.05) is 54.4 Å². The van der Waals surface area contributed by atoms with Gasteiger partial charge in [0.25, 0.3) is 5.91 Å². The molecule has 0 atom stereocenters. The molecule has 0 aliphatic carbocycles. The van der Waals surface area contributed by atoms with Gasteiger partial charge in [0.2, 0.25) is 0 Å². The first-order valence-electron chi connectivity index (χ1n) is 15.1. The summed E-state index contributed by atoms with van der Waals surface area (Å²) in [6.07, 6.45) is 6.09. The van der Waals surface area contributed by atoms with E-state index in [1.807, 2.05) is 42.5 Å². The number of aromatic hydroxyl groups is 1. The van der Waals surface area contributed by atoms with Gasteiger partial charge in [-0.2, -0.15) is 0 Å². The number of hydrogen-bond acceptors (Lipinski definition) is 6. The van der Waals surface area contributed by atoms with Crippen LogP contribution < -0.4 is 14.4 Å². The summed E-state index contributed by atoms with van der Waals surface area (Å²) < 4.78 is 11.9. The van der Waals surface area contributed by atoms with E-state index >= 15 is 0 Å². The molecule has 0 unspecified atom stereocenters. The third-order valence-electron chi connectivity index (χ3n) is 9.58. The third kappa shape index (κ3) is 5.64. The maximum atomic E-state index is 13.7. The Bertz CT molecular complexity index is 1630. The molecule has 8 nitrogen and oxygen atoms in total. The van der Waals surface area contributed by atoms with Gasteiger partial charge in [-0.1, -0.05) is 24.3 Å². The van der Waals surface area contributed by atoms with E-state index in [0.717, 1.165) is 59.0 Å². The van der Waals surface area contributed by atoms with Crippen LogP contribution in [0.25, 0.3) is 21.7 Å². The second kappa shape index (κ2) is 12.3. The number of phenols is 1. The minimum absolute atomic E-state index is 0.118. The molecule has 2 fully saturated rings. The minimum atomic E-state index is -0.118. The molecular formula is C34H41ClN4O4. The second-order valence-electron chi connectivity index (χ2n) is 12.1. The number of piperidine rings is 1. The highest BCUT2D eigenvalue weighted by Crippen LogP contribution is 2.41. The number of amides is 1. The zero-order valence-electron chi connectivity index (χ0n) is 25.3. The van der Waals surface area contributed by atoms with E-state index in [2.05, 4.69) is 33.4 Å². The van der Waals surface area contributed by atoms with Crippen LogP contribution in [0, 0.1) is 5.41 Å². The maximum absolute atomic E-state index is 13.7. The van der Waals surface area contributed by atoms with Gasteiger partial charge in [0.1, 0.15) is 18.1 Å². The van der Waals surface area contributed by atoms with E-state index in [1.165, 1.54) is 38.7 Å². The van der Waals surface area contributed by atoms with Crippen LogP contribution in [0.5, 0.6) is 17.2 Å². The number of benzene rings is 3. The first-order chi connectivity index (χ1) is 20.9. The van der Waals surface area contributed by atoms with E-state index in [0.29, 0.717) is 35.8 Å². The van der Waals surface area contributed by atoms with Gasteiger partial charge in [-0.25, -0.2) is 0 Å². The van der Waals surface area contributed by atoms with Crippen molar-refractivity contribution in [1.29, 1.82) is 0 Å². The quantitative estimate of drug-likeness (QED) is 0.267. The molecule has 1 amide bonds. The Morgan fingerprint density at radius 2 is 1.74 bits per heavy atom. The number of phenolic OH excluding ortho intramolecular Hbond substituents is 1. The lowest BCUT2D eigenvalue weighted by molar-refractivity contribution is 0.0976. The Balaban J connectivity index is 0.00000161. The van der Waals surface area contributed by atoms with E-state index in [1.54, 1.807) is 18.1 Å². The highest BCUT2D eigenvalue weighted by Gasteiger charge is 2.39. The molecule has 2 saturated heterocycles. The van der Waals surface area contributed by atoms with E-state index in [-0.39, 0.29) is 11.7 Å². The maximum Gasteiger partial charge on any atom is 0.274 e. The normalized spacial score (nSPS) is 18.2. The first kappa shape index (κ1) is 29.6. The number of nitrogens with one attached hydrogen (secondary N) is 1. The Morgan fingerprint density at radius 1 is 1.00 bits per heavy atom. The monoisotopic (exact) mass is 604 g/mol. The summed E-state index contributed by atoms with van der Waals surface area (Å²) in [6, 6.07) is 15.3. The van der Waals surface area contributed by atoms with Crippen molar-refractivity contribution >= 4 is 44.9 Å². The predicted molar refractivity (Wildman–Crippen MR) is 173 cm³/mol. The molecule has 1 aromatic heterocycles. The summed E-state index contributed by atoms with van der Waals surface area (Å²) in [4.78, 5) is 23.7. The molecule has 0 bridgehead atoms. The Morgan fingerprint density at radius 3 is 2.47 bits per heavy atom. The molecule has 3 aliphatic heterocycles. The zero-order chi connectivity index (χ0) is 30.1. The van der Waals surface area contributed by atoms with Gasteiger partial charge >= 0.3 is 0 Å². The average Bonchev–Trinajstić information content (AvgIpc) is 3.75. The van der Waals surface area contributed by atoms with Crippen LogP contribution in [-0.2, 0) is 6.42 Å². The molecule has 43 heavy (non-hydrogen) atoms. The smallest absolute Gasteiger partial charge is 0.274 e. The summed E-state index contributed by atoms with van der Waals surface area (Å²) in [5, 5.41) is 13.4. The third-order valence-corrected chi connectivity index (χ3v) is 9.58. The highest BCUT2D eigenvalue weighted by atomic mass is 35.5. The van der Waals surface area contributed by atoms with Crippen molar-refractivity contribution in [2.45, 2.75) is 25.7 Å². The van der Waals surface area contributed by atoms with E-state index in [4.69, 9.17) is 9.47 Å². The molecular weight excluding hydrogens is 564 g/mol. The fraction of sp³-hybridized carbons (Fsp3) is 0.441. The molecule has 3 aliphatic rings. The fourth-order valence-electron chi connectivity index (χ4n) is 7.24. The molecule has 1 spiro atoms. The summed E-state index contributed by atoms with van der Waals surface area (Å²) in [5.74, 6) is 1.41. The summed E-state index contributed by atoms with van der Waals surface area (Å²) >= 11 is 4.64. The van der Waals surface area contributed by atoms with Gasteiger partial charge in [-0.15, -0.1) is 11.6 Å². The standard InChI is InChI=1S/C33H38N4O4.CH3Cl/c1-35-12-8-33(21-35)9-13-36(14-10-33)15-16-41-31-18-22-17-27(34-26(22)19-30(31)40-2)32(39)37-11-7-24-23-5-3-4-6-25(23)29(38)20-28(24)37;1-2/h3-6,17-20,34,38H,7-16,21H2,1-2H3;1H3. The van der Waals surface area contributed by atoms with Crippen LogP contribution in [0.1, 0.15) is 35.3 Å². The van der Waals surface area contributed by atoms with Crippen LogP contribution in [-0.4, -0.2) is 92.2 Å². The number of alkyl halides is 1. The lowest BCUT2D eigenvalue weighted by Crippen LogP contribution is -2.42. The Hall–Kier alpha value is -3.46. The van der Waals surface area contributed by atoms with Crippen molar-refractivity contribution in [3.05, 3.63) is 59.8 Å². The Kier molecular flexibility index (Phi) is 8.45. The van der Waals surface area contributed by atoms with Gasteiger partial charge < -0.3 is 29.4 Å². The predicted octanol–water partition coefficient (Wildman–Crippen LogP) is 5.89. The van der Waals surface area contributed by atoms with Gasteiger partial charge in [-0.3, -0.25) is 9.69 Å². The number of hydrogen-bond donors (Lipinski definition) is 2. The number of fused-ring (bicyclic) bond motifs is 4. The molecule has 4 aromatic rings. The lowest BCUT2D eigenvalue weighted by atomic mass is 9.78. The molecule has 228 valence electrons. The molecule has 9 heteroatoms. The highest BCUT2D eigenvalue weighted by molar-refractivity contribution is 6.15. The Labute approximate surface area is 258 Å². The molecule has 3 aromatic carbocycles. The molecule has 4 heterocycles. The first-order valence-corrected chi connectivity index (χ1v) is 15.9. The van der Waals surface area contributed by atoms with Crippen LogP contribution in [0.3, 0.4) is 0 Å². The van der Waals surface area contributed by atoms with Crippen LogP contribution in [0.4, 0.5) is 5.69 Å². The summed E-state index contributed by atoms with van der Waals surface area (Å²) in [5.41, 5.74) is 3.71. The molecule has 0 saturated carbocycles. The van der Waals surface area contributed by atoms with Crippen molar-refractivity contribution in [2.24, 2.45) is 5.41 Å². The van der Waals surface area contributed by atoms with Gasteiger partial charge in [0.15, 0.2) is 11.5 Å². The summed E-state index contributed by atoms with van der Waals surface area (Å²) in [6.45, 7) is 6.77. The van der Waals surface area contributed by atoms with Crippen molar-refractivity contribution < 1.29 is 19.4 Å². The number of aromatic nitrogens is 1. The SMILES string of the molecule is CCl.COc1cc2[nH]c(C(=O)N3CCc4c3cc(O)c3ccccc43)cc2cc1OCCN1CCC2(CCN(C)C2)CC1. The summed E-state index contributed by atoms with van der Waals surface area (Å²) in [7, 11) is 3.88. The zero-order valence-corrected chi connectivity index (χ0v) is 26.0. The fourth-order valence-corrected chi connectivity index (χ4v) is 7.24. The van der Waals surface area contributed by atoms with Crippen molar-refractivity contribution in [2.75, 3.05) is 71.3 Å². The molecule has 2 N–H and O–H groups in total. The molecule has 7 rings (SSSR count). The number of aromatic amines is 1. The minimum Gasteiger partial charge on any atom is -0.507 e. The van der Waals surface area contributed by atoms with E-state index in [9.17, 15) is 9.90 Å². The van der Waals surface area contributed by atoms with Crippen LogP contribution >= 0.6 is 11.6 Å². The number of methoxy groups -OCH3 is 1. The number of halogens is 1. The second-order valence-corrected chi connectivity index (χ2v) is 12.1. The van der Waals surface area contributed by atoms with Crippen molar-refractivity contribution in [3.8, 4) is 17.2 Å². The number of rotatable bonds is 6. The van der Waals surface area contributed by atoms with Crippen molar-refractivity contribution in [3.63, 3.8) is 0 Å². The van der Waals surface area contributed by atoms with Crippen LogP contribution in [0.2, 0.25) is 0 Å². The lowest BCUT2D eigenvalue weighted by Gasteiger charge is -2.39. The number of carbonyl (C=O) groups is 1. The largest absolute Gasteiger partial charge is 0.507 e.